The summed E-state index contributed by atoms with van der Waals surface area (Å²) in [5.41, 5.74) is 0.886. The minimum atomic E-state index is -1.25. The van der Waals surface area contributed by atoms with Crippen LogP contribution in [0.15, 0.2) is 23.8 Å². The molecule has 0 bridgehead atoms. The number of nitrogens with one attached hydrogen (secondary N) is 1. The average Bonchev–Trinajstić information content (AvgIpc) is 2.92. The summed E-state index contributed by atoms with van der Waals surface area (Å²) in [5, 5.41) is 32.8. The molecule has 3 atom stereocenters. The van der Waals surface area contributed by atoms with Gasteiger partial charge in [0, 0.05) is 31.5 Å². The van der Waals surface area contributed by atoms with Gasteiger partial charge in [-0.3, -0.25) is 14.4 Å². The van der Waals surface area contributed by atoms with E-state index in [4.69, 9.17) is 14.6 Å². The van der Waals surface area contributed by atoms with E-state index < -0.39 is 35.8 Å². The van der Waals surface area contributed by atoms with Crippen molar-refractivity contribution in [2.75, 3.05) is 26.8 Å². The summed E-state index contributed by atoms with van der Waals surface area (Å²) in [6, 6.07) is 2.45. The van der Waals surface area contributed by atoms with Crippen molar-refractivity contribution in [3.05, 3.63) is 32.9 Å². The maximum Gasteiger partial charge on any atom is 0.290 e. The van der Waals surface area contributed by atoms with E-state index in [0.29, 0.717) is 27.1 Å². The van der Waals surface area contributed by atoms with E-state index in [1.807, 2.05) is 22.6 Å². The summed E-state index contributed by atoms with van der Waals surface area (Å²) >= 11 is 2.03. The summed E-state index contributed by atoms with van der Waals surface area (Å²) in [5.74, 6) is -1.07. The summed E-state index contributed by atoms with van der Waals surface area (Å²) in [6.45, 7) is 3.53. The van der Waals surface area contributed by atoms with Crippen molar-refractivity contribution in [2.45, 2.75) is 77.2 Å². The third-order valence-corrected chi connectivity index (χ3v) is 7.21. The fourth-order valence-corrected chi connectivity index (χ4v) is 5.13. The number of ether oxygens (including phenoxy) is 2. The van der Waals surface area contributed by atoms with Gasteiger partial charge in [-0.25, -0.2) is 0 Å². The molecule has 212 valence electrons. The Morgan fingerprint density at radius 1 is 1.16 bits per heavy atom. The molecule has 2 amide bonds. The predicted molar refractivity (Wildman–Crippen MR) is 150 cm³/mol. The molecular weight excluding hydrogens is 607 g/mol. The Bertz CT molecular complexity index is 1000. The minimum absolute atomic E-state index is 0.0203. The molecule has 0 unspecified atom stereocenters. The first-order valence-electron chi connectivity index (χ1n) is 13.0. The van der Waals surface area contributed by atoms with Gasteiger partial charge in [0.15, 0.2) is 11.5 Å². The Balaban J connectivity index is 2.49. The number of benzene rings is 1. The number of methoxy groups -OCH3 is 1. The highest BCUT2D eigenvalue weighted by atomic mass is 127. The quantitative estimate of drug-likeness (QED) is 0.129. The molecule has 0 fully saturated rings. The highest BCUT2D eigenvalue weighted by Gasteiger charge is 2.41. The van der Waals surface area contributed by atoms with Crippen LogP contribution in [0.4, 0.5) is 0 Å². The molecule has 0 radical (unpaired) electrons. The first kappa shape index (κ1) is 32.0. The van der Waals surface area contributed by atoms with Gasteiger partial charge >= 0.3 is 0 Å². The fourth-order valence-electron chi connectivity index (χ4n) is 4.33. The second-order valence-corrected chi connectivity index (χ2v) is 10.3. The molecule has 1 aromatic rings. The van der Waals surface area contributed by atoms with E-state index in [2.05, 4.69) is 12.2 Å². The lowest BCUT2D eigenvalue weighted by Crippen LogP contribution is -2.56. The average molecular weight is 647 g/mol. The lowest BCUT2D eigenvalue weighted by molar-refractivity contribution is -0.149. The number of aliphatic hydroxyl groups is 3. The molecule has 0 aliphatic heterocycles. The highest BCUT2D eigenvalue weighted by Crippen LogP contribution is 2.37. The van der Waals surface area contributed by atoms with Crippen molar-refractivity contribution in [2.24, 2.45) is 0 Å². The Morgan fingerprint density at radius 2 is 1.89 bits per heavy atom. The molecule has 11 heteroatoms. The molecular formula is C27H39IN2O8. The number of nitrogens with zero attached hydrogens (tertiary/aromatic N) is 1. The summed E-state index contributed by atoms with van der Waals surface area (Å²) in [6.07, 6.45) is 2.73. The smallest absolute Gasteiger partial charge is 0.290 e. The van der Waals surface area contributed by atoms with E-state index in [1.54, 1.807) is 19.1 Å². The minimum Gasteiger partial charge on any atom is -0.493 e. The number of ketones is 1. The van der Waals surface area contributed by atoms with Gasteiger partial charge in [-0.1, -0.05) is 33.1 Å². The zero-order chi connectivity index (χ0) is 28.2. The van der Waals surface area contributed by atoms with Crippen LogP contribution in [0.2, 0.25) is 0 Å². The summed E-state index contributed by atoms with van der Waals surface area (Å²) in [4.78, 5) is 39.9. The van der Waals surface area contributed by atoms with Crippen LogP contribution in [0.3, 0.4) is 0 Å². The number of carbonyl (C=O) groups is 3. The van der Waals surface area contributed by atoms with E-state index >= 15 is 0 Å². The Kier molecular flexibility index (Phi) is 13.5. The lowest BCUT2D eigenvalue weighted by atomic mass is 9.87. The molecule has 2 rings (SSSR count). The maximum absolute atomic E-state index is 13.1. The van der Waals surface area contributed by atoms with Crippen molar-refractivity contribution in [1.29, 1.82) is 0 Å². The number of hydrogen-bond donors (Lipinski definition) is 4. The van der Waals surface area contributed by atoms with Gasteiger partial charge in [0.1, 0.15) is 12.2 Å². The van der Waals surface area contributed by atoms with Gasteiger partial charge < -0.3 is 35.0 Å². The number of aliphatic hydroxyl groups excluding tert-OH is 3. The molecule has 1 aliphatic rings. The molecule has 4 N–H and O–H groups in total. The zero-order valence-corrected chi connectivity index (χ0v) is 24.4. The van der Waals surface area contributed by atoms with Crippen LogP contribution in [0, 0.1) is 3.57 Å². The second kappa shape index (κ2) is 16.0. The Labute approximate surface area is 237 Å². The predicted octanol–water partition coefficient (Wildman–Crippen LogP) is 2.10. The van der Waals surface area contributed by atoms with Gasteiger partial charge in [0.05, 0.1) is 29.9 Å². The van der Waals surface area contributed by atoms with E-state index in [-0.39, 0.29) is 44.7 Å². The third kappa shape index (κ3) is 8.39. The van der Waals surface area contributed by atoms with Crippen LogP contribution in [-0.2, 0) is 21.0 Å². The normalized spacial score (nSPS) is 18.9. The number of halogens is 1. The molecule has 10 nitrogen and oxygen atoms in total. The van der Waals surface area contributed by atoms with Gasteiger partial charge in [0.2, 0.25) is 11.7 Å². The van der Waals surface area contributed by atoms with Crippen molar-refractivity contribution < 1.29 is 39.2 Å². The van der Waals surface area contributed by atoms with Crippen LogP contribution < -0.4 is 14.8 Å². The lowest BCUT2D eigenvalue weighted by Gasteiger charge is -2.40. The Hall–Kier alpha value is -2.22. The first-order valence-corrected chi connectivity index (χ1v) is 14.1. The molecule has 0 saturated carbocycles. The van der Waals surface area contributed by atoms with Crippen LogP contribution in [-0.4, -0.2) is 82.9 Å². The first-order chi connectivity index (χ1) is 18.2. The number of Topliss-reactive ketones (excluding diaryl/α,β-unsaturated/α-hetero) is 1. The van der Waals surface area contributed by atoms with Gasteiger partial charge in [-0.2, -0.15) is 0 Å². The molecule has 0 saturated heterocycles. The fraction of sp³-hybridized carbons (Fsp3) is 0.593. The third-order valence-electron chi connectivity index (χ3n) is 6.41. The SMILES string of the molecule is CCCCCCN(C(=O)C(=O)CC)[C@@H]1CC(C(=O)NCCO)=C[C@H](Oc2c(I)cc(CO)cc2OC)[C@H]1O. The maximum atomic E-state index is 13.1. The molecule has 0 spiro atoms. The van der Waals surface area contributed by atoms with Crippen molar-refractivity contribution in [3.8, 4) is 11.5 Å². The number of hydrogen-bond acceptors (Lipinski definition) is 8. The molecule has 38 heavy (non-hydrogen) atoms. The van der Waals surface area contributed by atoms with Gasteiger partial charge in [-0.05, 0) is 52.8 Å². The highest BCUT2D eigenvalue weighted by molar-refractivity contribution is 14.1. The van der Waals surface area contributed by atoms with Crippen LogP contribution in [0.1, 0.15) is 57.9 Å². The summed E-state index contributed by atoms with van der Waals surface area (Å²) in [7, 11) is 1.45. The van der Waals surface area contributed by atoms with Gasteiger partial charge in [0.25, 0.3) is 5.91 Å². The van der Waals surface area contributed by atoms with Crippen LogP contribution in [0.5, 0.6) is 11.5 Å². The van der Waals surface area contributed by atoms with Crippen molar-refractivity contribution in [1.82, 2.24) is 10.2 Å². The van der Waals surface area contributed by atoms with Gasteiger partial charge in [-0.15, -0.1) is 0 Å². The van der Waals surface area contributed by atoms with Crippen molar-refractivity contribution >= 4 is 40.2 Å². The molecule has 0 heterocycles. The number of rotatable bonds is 15. The van der Waals surface area contributed by atoms with Crippen LogP contribution in [0.25, 0.3) is 0 Å². The largest absolute Gasteiger partial charge is 0.493 e. The zero-order valence-electron chi connectivity index (χ0n) is 22.2. The van der Waals surface area contributed by atoms with E-state index in [1.165, 1.54) is 18.1 Å². The number of unbranched alkanes of at least 4 members (excludes halogenated alkanes) is 3. The molecule has 1 aromatic carbocycles. The topological polar surface area (TPSA) is 146 Å². The molecule has 0 aromatic heterocycles. The summed E-state index contributed by atoms with van der Waals surface area (Å²) < 4.78 is 12.3. The van der Waals surface area contributed by atoms with Crippen LogP contribution >= 0.6 is 22.6 Å². The Morgan fingerprint density at radius 3 is 2.50 bits per heavy atom. The standard InChI is InChI=1S/C27H39IN2O8/c1-4-6-7-8-10-30(27(36)21(33)5-2)20-14-18(26(35)29-9-11-31)15-22(24(20)34)38-25-19(28)12-17(16-32)13-23(25)37-3/h12-13,15,20,22,24,31-32,34H,4-11,14,16H2,1-3H3,(H,29,35)/t20-,22+,24+/m1/s1. The monoisotopic (exact) mass is 646 g/mol. The van der Waals surface area contributed by atoms with Crippen molar-refractivity contribution in [3.63, 3.8) is 0 Å². The van der Waals surface area contributed by atoms with E-state index in [9.17, 15) is 24.6 Å². The molecule has 1 aliphatic carbocycles. The number of amides is 2. The number of carbonyl (C=O) groups excluding carboxylic acids is 3. The second-order valence-electron chi connectivity index (χ2n) is 9.12. The van der Waals surface area contributed by atoms with E-state index in [0.717, 1.165) is 19.3 Å².